The van der Waals surface area contributed by atoms with Gasteiger partial charge in [0.25, 0.3) is 0 Å². The molecule has 0 bridgehead atoms. The zero-order valence-corrected chi connectivity index (χ0v) is 14.1. The van der Waals surface area contributed by atoms with E-state index in [1.54, 1.807) is 36.4 Å². The number of halogens is 4. The molecule has 0 saturated carbocycles. The number of ketones is 1. The van der Waals surface area contributed by atoms with Crippen molar-refractivity contribution in [2.45, 2.75) is 24.7 Å². The summed E-state index contributed by atoms with van der Waals surface area (Å²) in [5.74, 6) is -2.19. The van der Waals surface area contributed by atoms with Gasteiger partial charge < -0.3 is 4.74 Å². The number of fused-ring (bicyclic) bond motifs is 1. The Labute approximate surface area is 152 Å². The Kier molecular flexibility index (Phi) is 5.04. The molecule has 1 saturated heterocycles. The molecule has 3 rings (SSSR count). The summed E-state index contributed by atoms with van der Waals surface area (Å²) in [5.41, 5.74) is 0.382. The summed E-state index contributed by atoms with van der Waals surface area (Å²) >= 11 is 5.82. The number of esters is 1. The highest BCUT2D eigenvalue weighted by Gasteiger charge is 2.48. The Morgan fingerprint density at radius 1 is 1.27 bits per heavy atom. The molecule has 0 aromatic heterocycles. The summed E-state index contributed by atoms with van der Waals surface area (Å²) in [4.78, 5) is 24.9. The third-order valence-corrected chi connectivity index (χ3v) is 4.47. The van der Waals surface area contributed by atoms with Gasteiger partial charge >= 0.3 is 12.1 Å². The predicted molar refractivity (Wildman–Crippen MR) is 88.0 cm³/mol. The van der Waals surface area contributed by atoms with Crippen molar-refractivity contribution in [2.24, 2.45) is 11.0 Å². The summed E-state index contributed by atoms with van der Waals surface area (Å²) in [6.45, 7) is -1.65. The van der Waals surface area contributed by atoms with E-state index in [1.165, 1.54) is 11.2 Å². The van der Waals surface area contributed by atoms with Crippen LogP contribution in [0.2, 0.25) is 5.02 Å². The maximum atomic E-state index is 12.8. The van der Waals surface area contributed by atoms with Crippen LogP contribution in [0.5, 0.6) is 0 Å². The first kappa shape index (κ1) is 18.4. The summed E-state index contributed by atoms with van der Waals surface area (Å²) in [7, 11) is 0. The molecule has 0 N–H and O–H groups in total. The number of hydrogen-bond acceptors (Lipinski definition) is 5. The Hall–Kier alpha value is -2.35. The quantitative estimate of drug-likeness (QED) is 0.589. The molecule has 0 spiro atoms. The first-order chi connectivity index (χ1) is 12.3. The highest BCUT2D eigenvalue weighted by Crippen LogP contribution is 2.35. The number of Topliss-reactive ketones (excluding diaryl/α,β-unsaturated/α-hetero) is 1. The van der Waals surface area contributed by atoms with E-state index in [-0.39, 0.29) is 12.2 Å². The van der Waals surface area contributed by atoms with Crippen LogP contribution in [-0.4, -0.2) is 47.8 Å². The number of benzene rings is 1. The molecule has 26 heavy (non-hydrogen) atoms. The van der Waals surface area contributed by atoms with E-state index in [2.05, 4.69) is 9.84 Å². The van der Waals surface area contributed by atoms with Crippen molar-refractivity contribution in [3.8, 4) is 0 Å². The standard InChI is InChI=1S/C17H14ClF3N2O3/c18-11-5-3-10(4-6-11)15(24)14-8-12(13-2-1-7-22-23(13)14)16(25)26-9-17(19,20)21/h1-7,12-14H,8-9H2/t12-,13-,14+/m0/s1. The number of rotatable bonds is 4. The molecule has 5 nitrogen and oxygen atoms in total. The monoisotopic (exact) mass is 386 g/mol. The van der Waals surface area contributed by atoms with Gasteiger partial charge in [-0.25, -0.2) is 0 Å². The molecule has 2 heterocycles. The van der Waals surface area contributed by atoms with Crippen LogP contribution in [-0.2, 0) is 9.53 Å². The molecule has 3 atom stereocenters. The maximum Gasteiger partial charge on any atom is 0.422 e. The van der Waals surface area contributed by atoms with Crippen LogP contribution in [0.1, 0.15) is 16.8 Å². The SMILES string of the molecule is O=C(OCC(F)(F)F)[C@H]1C[C@H](C(=O)c2ccc(Cl)cc2)N2N=CC=C[C@@H]12. The second kappa shape index (κ2) is 7.11. The first-order valence-corrected chi connectivity index (χ1v) is 8.16. The van der Waals surface area contributed by atoms with Crippen molar-refractivity contribution in [1.82, 2.24) is 5.01 Å². The lowest BCUT2D eigenvalue weighted by Crippen LogP contribution is -2.39. The largest absolute Gasteiger partial charge is 0.456 e. The molecule has 0 aliphatic carbocycles. The van der Waals surface area contributed by atoms with Crippen LogP contribution < -0.4 is 0 Å². The number of carbonyl (C=O) groups is 2. The minimum atomic E-state index is -4.60. The minimum absolute atomic E-state index is 0.0184. The molecule has 0 unspecified atom stereocenters. The Morgan fingerprint density at radius 3 is 2.62 bits per heavy atom. The molecular weight excluding hydrogens is 373 g/mol. The second-order valence-electron chi connectivity index (χ2n) is 5.97. The number of nitrogens with zero attached hydrogens (tertiary/aromatic N) is 2. The van der Waals surface area contributed by atoms with Crippen LogP contribution in [0, 0.1) is 5.92 Å². The van der Waals surface area contributed by atoms with Gasteiger partial charge in [0.05, 0.1) is 12.0 Å². The average Bonchev–Trinajstić information content (AvgIpc) is 2.99. The lowest BCUT2D eigenvalue weighted by atomic mass is 9.95. The number of allylic oxidation sites excluding steroid dienone is 1. The van der Waals surface area contributed by atoms with Crippen molar-refractivity contribution >= 4 is 29.6 Å². The summed E-state index contributed by atoms with van der Waals surface area (Å²) in [6, 6.07) is 4.84. The topological polar surface area (TPSA) is 59.0 Å². The lowest BCUT2D eigenvalue weighted by Gasteiger charge is -2.27. The fraction of sp³-hybridized carbons (Fsp3) is 0.353. The van der Waals surface area contributed by atoms with Gasteiger partial charge in [0.1, 0.15) is 6.04 Å². The molecule has 2 aliphatic heterocycles. The highest BCUT2D eigenvalue weighted by molar-refractivity contribution is 6.30. The fourth-order valence-electron chi connectivity index (χ4n) is 3.07. The smallest absolute Gasteiger partial charge is 0.422 e. The van der Waals surface area contributed by atoms with Crippen molar-refractivity contribution in [2.75, 3.05) is 6.61 Å². The normalized spacial score (nSPS) is 24.5. The van der Waals surface area contributed by atoms with Gasteiger partial charge in [0, 0.05) is 16.8 Å². The van der Waals surface area contributed by atoms with Gasteiger partial charge in [-0.2, -0.15) is 18.3 Å². The first-order valence-electron chi connectivity index (χ1n) is 7.78. The average molecular weight is 387 g/mol. The van der Waals surface area contributed by atoms with Crippen LogP contribution in [0.3, 0.4) is 0 Å². The zero-order chi connectivity index (χ0) is 18.9. The number of hydrogen-bond donors (Lipinski definition) is 0. The minimum Gasteiger partial charge on any atom is -0.456 e. The molecule has 9 heteroatoms. The zero-order valence-electron chi connectivity index (χ0n) is 13.3. The van der Waals surface area contributed by atoms with Crippen LogP contribution >= 0.6 is 11.6 Å². The Balaban J connectivity index is 1.79. The van der Waals surface area contributed by atoms with E-state index in [1.807, 2.05) is 0 Å². The van der Waals surface area contributed by atoms with Crippen LogP contribution in [0.4, 0.5) is 13.2 Å². The van der Waals surface area contributed by atoms with Gasteiger partial charge in [-0.1, -0.05) is 17.7 Å². The van der Waals surface area contributed by atoms with Crippen LogP contribution in [0.15, 0.2) is 41.5 Å². The van der Waals surface area contributed by atoms with Gasteiger partial charge in [-0.3, -0.25) is 14.6 Å². The molecule has 2 aliphatic rings. The van der Waals surface area contributed by atoms with Crippen molar-refractivity contribution in [3.05, 3.63) is 47.0 Å². The second-order valence-corrected chi connectivity index (χ2v) is 6.41. The number of carbonyl (C=O) groups excluding carboxylic acids is 2. The van der Waals surface area contributed by atoms with E-state index in [0.717, 1.165) is 0 Å². The van der Waals surface area contributed by atoms with E-state index >= 15 is 0 Å². The molecule has 0 amide bonds. The molecule has 1 aromatic carbocycles. The van der Waals surface area contributed by atoms with E-state index in [4.69, 9.17) is 11.6 Å². The maximum absolute atomic E-state index is 12.8. The Morgan fingerprint density at radius 2 is 1.96 bits per heavy atom. The third-order valence-electron chi connectivity index (χ3n) is 4.22. The van der Waals surface area contributed by atoms with Crippen molar-refractivity contribution < 1.29 is 27.5 Å². The molecule has 1 fully saturated rings. The fourth-order valence-corrected chi connectivity index (χ4v) is 3.19. The van der Waals surface area contributed by atoms with Gasteiger partial charge in [0.2, 0.25) is 0 Å². The molecular formula is C17H14ClF3N2O3. The van der Waals surface area contributed by atoms with Crippen LogP contribution in [0.25, 0.3) is 0 Å². The van der Waals surface area contributed by atoms with E-state index < -0.39 is 36.8 Å². The lowest BCUT2D eigenvalue weighted by molar-refractivity contribution is -0.189. The number of ether oxygens (including phenoxy) is 1. The molecule has 0 radical (unpaired) electrons. The van der Waals surface area contributed by atoms with E-state index in [9.17, 15) is 22.8 Å². The molecule has 1 aromatic rings. The number of hydrazone groups is 1. The third kappa shape index (κ3) is 3.90. The predicted octanol–water partition coefficient (Wildman–Crippen LogP) is 3.24. The summed E-state index contributed by atoms with van der Waals surface area (Å²) < 4.78 is 41.3. The van der Waals surface area contributed by atoms with Crippen molar-refractivity contribution in [3.63, 3.8) is 0 Å². The Bertz CT molecular complexity index is 762. The molecule has 138 valence electrons. The summed E-state index contributed by atoms with van der Waals surface area (Å²) in [6.07, 6.45) is 0.0849. The van der Waals surface area contributed by atoms with Gasteiger partial charge in [0.15, 0.2) is 12.4 Å². The summed E-state index contributed by atoms with van der Waals surface area (Å²) in [5, 5.41) is 6.03. The van der Waals surface area contributed by atoms with Gasteiger partial charge in [-0.15, -0.1) is 0 Å². The highest BCUT2D eigenvalue weighted by atomic mass is 35.5. The van der Waals surface area contributed by atoms with Gasteiger partial charge in [-0.05, 0) is 36.8 Å². The number of alkyl halides is 3. The van der Waals surface area contributed by atoms with Crippen molar-refractivity contribution in [1.29, 1.82) is 0 Å². The van der Waals surface area contributed by atoms with E-state index in [0.29, 0.717) is 10.6 Å².